The van der Waals surface area contributed by atoms with E-state index in [0.29, 0.717) is 0 Å². The van der Waals surface area contributed by atoms with E-state index in [1.165, 1.54) is 39.0 Å². The molecule has 0 saturated carbocycles. The van der Waals surface area contributed by atoms with Crippen molar-refractivity contribution in [2.45, 2.75) is 30.6 Å². The van der Waals surface area contributed by atoms with Crippen LogP contribution in [0.4, 0.5) is 11.4 Å². The summed E-state index contributed by atoms with van der Waals surface area (Å²) in [5.74, 6) is -1.41. The van der Waals surface area contributed by atoms with Crippen molar-refractivity contribution in [1.29, 1.82) is 0 Å². The van der Waals surface area contributed by atoms with Crippen LogP contribution in [0.2, 0.25) is 0 Å². The monoisotopic (exact) mass is 516 g/mol. The maximum absolute atomic E-state index is 13.6. The van der Waals surface area contributed by atoms with Crippen LogP contribution in [0.1, 0.15) is 48.5 Å². The zero-order valence-electron chi connectivity index (χ0n) is 18.7. The molecule has 0 spiro atoms. The zero-order valence-corrected chi connectivity index (χ0v) is 20.3. The normalized spacial score (nSPS) is 13.5. The van der Waals surface area contributed by atoms with Crippen molar-refractivity contribution in [1.82, 2.24) is 0 Å². The lowest BCUT2D eigenvalue weighted by atomic mass is 9.78. The molecule has 10 nitrogen and oxygen atoms in total. The van der Waals surface area contributed by atoms with Crippen LogP contribution in [-0.2, 0) is 20.2 Å². The van der Waals surface area contributed by atoms with Gasteiger partial charge in [0, 0.05) is 22.4 Å². The van der Waals surface area contributed by atoms with Crippen LogP contribution in [0.5, 0.6) is 0 Å². The molecule has 0 aliphatic heterocycles. The molecule has 0 atom stereocenters. The second-order valence-corrected chi connectivity index (χ2v) is 11.0. The van der Waals surface area contributed by atoms with Crippen LogP contribution in [0, 0.1) is 20.8 Å². The second kappa shape index (κ2) is 7.71. The highest BCUT2D eigenvalue weighted by molar-refractivity contribution is 7.86. The fourth-order valence-electron chi connectivity index (χ4n) is 4.71. The SMILES string of the molecule is Cc1c(N)c(C)c(S(=O)(=O)O)c(C)c1-c1cc(S(=O)(=O)O)c(N)c2c1C(=O)c1ccccc1C2=O. The molecule has 182 valence electrons. The number of nitrogen functional groups attached to an aromatic ring is 2. The van der Waals surface area contributed by atoms with Crippen molar-refractivity contribution in [2.24, 2.45) is 0 Å². The maximum atomic E-state index is 13.6. The molecule has 6 N–H and O–H groups in total. The Hall–Kier alpha value is -3.58. The van der Waals surface area contributed by atoms with Gasteiger partial charge in [0.1, 0.15) is 9.79 Å². The van der Waals surface area contributed by atoms with Crippen LogP contribution in [0.15, 0.2) is 40.1 Å². The molecule has 0 unspecified atom stereocenters. The van der Waals surface area contributed by atoms with E-state index in [1.54, 1.807) is 6.07 Å². The van der Waals surface area contributed by atoms with Crippen molar-refractivity contribution in [3.8, 4) is 11.1 Å². The summed E-state index contributed by atoms with van der Waals surface area (Å²) in [7, 11) is -9.78. The molecule has 0 amide bonds. The number of rotatable bonds is 3. The van der Waals surface area contributed by atoms with E-state index < -0.39 is 52.8 Å². The summed E-state index contributed by atoms with van der Waals surface area (Å²) < 4.78 is 68.5. The summed E-state index contributed by atoms with van der Waals surface area (Å²) in [4.78, 5) is 25.6. The standard InChI is InChI=1S/C23H20N2O8S2/c1-9-16(10(2)23(35(31,32)33)11(3)19(9)24)14-8-15(34(28,29)30)20(25)18-17(14)21(26)12-6-4-5-7-13(12)22(18)27/h4-8H,24-25H2,1-3H3,(H,28,29,30)(H,31,32,33). The largest absolute Gasteiger partial charge is 0.398 e. The number of hydrogen-bond donors (Lipinski definition) is 4. The molecule has 3 aromatic rings. The minimum atomic E-state index is -4.99. The fourth-order valence-corrected chi connectivity index (χ4v) is 6.34. The van der Waals surface area contributed by atoms with Crippen molar-refractivity contribution in [3.63, 3.8) is 0 Å². The minimum Gasteiger partial charge on any atom is -0.398 e. The maximum Gasteiger partial charge on any atom is 0.296 e. The minimum absolute atomic E-state index is 0.00223. The number of anilines is 2. The summed E-state index contributed by atoms with van der Waals surface area (Å²) in [6.07, 6.45) is 0. The summed E-state index contributed by atoms with van der Waals surface area (Å²) in [6.45, 7) is 4.24. The number of carbonyl (C=O) groups is 2. The number of hydrogen-bond acceptors (Lipinski definition) is 8. The number of nitrogens with two attached hydrogens (primary N) is 2. The lowest BCUT2D eigenvalue weighted by Gasteiger charge is -2.26. The molecule has 12 heteroatoms. The van der Waals surface area contributed by atoms with E-state index in [2.05, 4.69) is 0 Å². The van der Waals surface area contributed by atoms with Gasteiger partial charge in [-0.2, -0.15) is 16.8 Å². The van der Waals surface area contributed by atoms with Gasteiger partial charge in [-0.1, -0.05) is 24.3 Å². The molecule has 0 saturated heterocycles. The van der Waals surface area contributed by atoms with Crippen LogP contribution in [0.25, 0.3) is 11.1 Å². The van der Waals surface area contributed by atoms with Gasteiger partial charge in [0.25, 0.3) is 20.2 Å². The summed E-state index contributed by atoms with van der Waals surface area (Å²) in [5, 5.41) is 0. The van der Waals surface area contributed by atoms with Gasteiger partial charge >= 0.3 is 0 Å². The molecule has 35 heavy (non-hydrogen) atoms. The van der Waals surface area contributed by atoms with Crippen LogP contribution in [-0.4, -0.2) is 37.5 Å². The Morgan fingerprint density at radius 1 is 0.657 bits per heavy atom. The molecule has 0 aromatic heterocycles. The molecular formula is C23H20N2O8S2. The number of benzene rings is 3. The predicted octanol–water partition coefficient (Wildman–Crippen LogP) is 2.71. The Kier molecular flexibility index (Phi) is 5.41. The molecule has 0 radical (unpaired) electrons. The second-order valence-electron chi connectivity index (χ2n) is 8.23. The average Bonchev–Trinajstić information content (AvgIpc) is 2.75. The third-order valence-electron chi connectivity index (χ3n) is 6.24. The molecule has 0 heterocycles. The highest BCUT2D eigenvalue weighted by Crippen LogP contribution is 2.45. The Balaban J connectivity index is 2.29. The average molecular weight is 517 g/mol. The van der Waals surface area contributed by atoms with E-state index in [4.69, 9.17) is 11.5 Å². The number of fused-ring (bicyclic) bond motifs is 2. The van der Waals surface area contributed by atoms with Crippen LogP contribution in [0.3, 0.4) is 0 Å². The van der Waals surface area contributed by atoms with E-state index >= 15 is 0 Å². The number of ketones is 2. The third-order valence-corrected chi connectivity index (χ3v) is 8.27. The van der Waals surface area contributed by atoms with E-state index in [1.807, 2.05) is 0 Å². The smallest absolute Gasteiger partial charge is 0.296 e. The van der Waals surface area contributed by atoms with E-state index in [0.717, 1.165) is 6.07 Å². The Labute approximate surface area is 201 Å². The van der Waals surface area contributed by atoms with Gasteiger partial charge in [0.2, 0.25) is 0 Å². The Bertz CT molecular complexity index is 1720. The molecule has 3 aromatic carbocycles. The molecule has 0 fully saturated rings. The van der Waals surface area contributed by atoms with Crippen molar-refractivity contribution >= 4 is 43.2 Å². The lowest BCUT2D eigenvalue weighted by Crippen LogP contribution is -2.25. The molecule has 1 aliphatic carbocycles. The first kappa shape index (κ1) is 24.5. The van der Waals surface area contributed by atoms with Gasteiger partial charge in [-0.15, -0.1) is 0 Å². The third kappa shape index (κ3) is 3.53. The highest BCUT2D eigenvalue weighted by Gasteiger charge is 2.38. The van der Waals surface area contributed by atoms with Crippen LogP contribution < -0.4 is 11.5 Å². The first-order chi connectivity index (χ1) is 16.1. The Morgan fingerprint density at radius 3 is 1.66 bits per heavy atom. The summed E-state index contributed by atoms with van der Waals surface area (Å²) in [5.41, 5.74) is 10.9. The quantitative estimate of drug-likeness (QED) is 0.232. The summed E-state index contributed by atoms with van der Waals surface area (Å²) >= 11 is 0. The van der Waals surface area contributed by atoms with Gasteiger partial charge in [-0.3, -0.25) is 18.7 Å². The van der Waals surface area contributed by atoms with Crippen molar-refractivity contribution in [2.75, 3.05) is 11.5 Å². The van der Waals surface area contributed by atoms with Crippen molar-refractivity contribution in [3.05, 3.63) is 69.3 Å². The lowest BCUT2D eigenvalue weighted by molar-refractivity contribution is 0.0980. The topological polar surface area (TPSA) is 195 Å². The molecule has 4 rings (SSSR count). The Morgan fingerprint density at radius 2 is 1.17 bits per heavy atom. The predicted molar refractivity (Wildman–Crippen MR) is 128 cm³/mol. The van der Waals surface area contributed by atoms with E-state index in [-0.39, 0.29) is 50.2 Å². The first-order valence-corrected chi connectivity index (χ1v) is 13.0. The van der Waals surface area contributed by atoms with Crippen LogP contribution >= 0.6 is 0 Å². The highest BCUT2D eigenvalue weighted by atomic mass is 32.2. The zero-order chi connectivity index (χ0) is 26.2. The first-order valence-electron chi connectivity index (χ1n) is 10.1. The molecule has 0 bridgehead atoms. The van der Waals surface area contributed by atoms with Gasteiger partial charge in [-0.05, 0) is 54.7 Å². The fraction of sp³-hybridized carbons (Fsp3) is 0.130. The summed E-state index contributed by atoms with van der Waals surface area (Å²) in [6, 6.07) is 6.77. The van der Waals surface area contributed by atoms with Gasteiger partial charge < -0.3 is 11.5 Å². The van der Waals surface area contributed by atoms with Gasteiger partial charge in [0.15, 0.2) is 11.6 Å². The van der Waals surface area contributed by atoms with E-state index in [9.17, 15) is 35.5 Å². The van der Waals surface area contributed by atoms with Gasteiger partial charge in [-0.25, -0.2) is 0 Å². The van der Waals surface area contributed by atoms with Gasteiger partial charge in [0.05, 0.1) is 11.3 Å². The molecule has 1 aliphatic rings. The molecular weight excluding hydrogens is 496 g/mol. The van der Waals surface area contributed by atoms with Crippen molar-refractivity contribution < 1.29 is 35.5 Å². The number of carbonyl (C=O) groups excluding carboxylic acids is 2.